The Balaban J connectivity index is 2.88. The van der Waals surface area contributed by atoms with E-state index in [1.54, 1.807) is 6.20 Å². The van der Waals surface area contributed by atoms with Crippen LogP contribution in [0, 0.1) is 6.92 Å². The van der Waals surface area contributed by atoms with Gasteiger partial charge in [-0.1, -0.05) is 0 Å². The zero-order valence-electron chi connectivity index (χ0n) is 9.27. The van der Waals surface area contributed by atoms with Gasteiger partial charge >= 0.3 is 6.01 Å². The fraction of sp³-hybridized carbons (Fsp3) is 0.600. The van der Waals surface area contributed by atoms with Gasteiger partial charge in [0.25, 0.3) is 0 Å². The summed E-state index contributed by atoms with van der Waals surface area (Å²) in [6, 6.07) is -0.0884. The fourth-order valence-electron chi connectivity index (χ4n) is 1.19. The van der Waals surface area contributed by atoms with Crippen LogP contribution < -0.4 is 10.5 Å². The third kappa shape index (κ3) is 3.14. The molecule has 1 rings (SSSR count). The van der Waals surface area contributed by atoms with Gasteiger partial charge < -0.3 is 15.6 Å². The van der Waals surface area contributed by atoms with Gasteiger partial charge in [-0.3, -0.25) is 0 Å². The molecule has 1 aromatic heterocycles. The first-order valence-corrected chi connectivity index (χ1v) is 4.91. The average Bonchev–Trinajstić information content (AvgIpc) is 2.16. The van der Waals surface area contributed by atoms with Crippen LogP contribution in [0.2, 0.25) is 0 Å². The number of hydrogen-bond donors (Lipinski definition) is 2. The largest absolute Gasteiger partial charge is 0.461 e. The second kappa shape index (κ2) is 5.04. The van der Waals surface area contributed by atoms with E-state index in [1.165, 1.54) is 0 Å². The van der Waals surface area contributed by atoms with Crippen molar-refractivity contribution >= 4 is 0 Å². The molecule has 0 aromatic carbocycles. The third-order valence-electron chi connectivity index (χ3n) is 1.93. The number of hydrogen-bond acceptors (Lipinski definition) is 5. The average molecular weight is 211 g/mol. The molecule has 1 heterocycles. The van der Waals surface area contributed by atoms with E-state index < -0.39 is 6.04 Å². The molecule has 0 saturated heterocycles. The Morgan fingerprint density at radius 1 is 1.53 bits per heavy atom. The Morgan fingerprint density at radius 2 is 2.20 bits per heavy atom. The molecule has 0 aliphatic heterocycles. The van der Waals surface area contributed by atoms with E-state index >= 15 is 0 Å². The predicted octanol–water partition coefficient (Wildman–Crippen LogP) is 0.564. The summed E-state index contributed by atoms with van der Waals surface area (Å²) in [6.45, 7) is 5.52. The molecular formula is C10H17N3O2. The summed E-state index contributed by atoms with van der Waals surface area (Å²) in [5.74, 6) is 0. The first kappa shape index (κ1) is 11.9. The van der Waals surface area contributed by atoms with E-state index in [0.717, 1.165) is 11.3 Å². The number of ether oxygens (including phenoxy) is 1. The maximum atomic E-state index is 8.92. The zero-order chi connectivity index (χ0) is 11.4. The summed E-state index contributed by atoms with van der Waals surface area (Å²) < 4.78 is 5.34. The lowest BCUT2D eigenvalue weighted by molar-refractivity contribution is 0.220. The van der Waals surface area contributed by atoms with Gasteiger partial charge in [-0.15, -0.1) is 0 Å². The molecule has 0 aliphatic carbocycles. The number of rotatable bonds is 4. The number of aliphatic hydroxyl groups excluding tert-OH is 1. The van der Waals surface area contributed by atoms with Crippen molar-refractivity contribution in [3.8, 4) is 6.01 Å². The number of aliphatic hydroxyl groups is 1. The minimum absolute atomic E-state index is 0.0433. The van der Waals surface area contributed by atoms with Crippen molar-refractivity contribution in [2.45, 2.75) is 32.9 Å². The Hall–Kier alpha value is -1.20. The summed E-state index contributed by atoms with van der Waals surface area (Å²) in [4.78, 5) is 8.18. The molecule has 15 heavy (non-hydrogen) atoms. The van der Waals surface area contributed by atoms with Crippen LogP contribution in [0.4, 0.5) is 0 Å². The van der Waals surface area contributed by atoms with Gasteiger partial charge in [0.05, 0.1) is 18.8 Å². The first-order valence-electron chi connectivity index (χ1n) is 4.91. The van der Waals surface area contributed by atoms with Crippen molar-refractivity contribution in [1.29, 1.82) is 0 Å². The molecule has 5 heteroatoms. The lowest BCUT2D eigenvalue weighted by Crippen LogP contribution is -2.17. The number of aryl methyl sites for hydroxylation is 1. The Bertz CT molecular complexity index is 328. The lowest BCUT2D eigenvalue weighted by atomic mass is 10.1. The molecule has 5 nitrogen and oxygen atoms in total. The molecule has 0 fully saturated rings. The summed E-state index contributed by atoms with van der Waals surface area (Å²) in [7, 11) is 0. The van der Waals surface area contributed by atoms with Gasteiger partial charge in [-0.25, -0.2) is 9.97 Å². The molecule has 1 aromatic rings. The van der Waals surface area contributed by atoms with Crippen LogP contribution in [0.25, 0.3) is 0 Å². The van der Waals surface area contributed by atoms with Gasteiger partial charge in [0.15, 0.2) is 0 Å². The van der Waals surface area contributed by atoms with Crippen molar-refractivity contribution < 1.29 is 9.84 Å². The van der Waals surface area contributed by atoms with E-state index in [9.17, 15) is 0 Å². The highest BCUT2D eigenvalue weighted by atomic mass is 16.5. The molecule has 1 unspecified atom stereocenters. The van der Waals surface area contributed by atoms with E-state index in [1.807, 2.05) is 20.8 Å². The molecule has 1 atom stereocenters. The number of aromatic nitrogens is 2. The third-order valence-corrected chi connectivity index (χ3v) is 1.93. The van der Waals surface area contributed by atoms with Crippen LogP contribution in [0.15, 0.2) is 6.20 Å². The number of nitrogens with zero attached hydrogens (tertiary/aromatic N) is 2. The van der Waals surface area contributed by atoms with Crippen LogP contribution in [0.1, 0.15) is 31.1 Å². The molecule has 0 radical (unpaired) electrons. The van der Waals surface area contributed by atoms with E-state index in [4.69, 9.17) is 15.6 Å². The summed E-state index contributed by atoms with van der Waals surface area (Å²) in [5.41, 5.74) is 7.16. The number of nitrogens with two attached hydrogens (primary N) is 1. The Kier molecular flexibility index (Phi) is 3.99. The second-order valence-corrected chi connectivity index (χ2v) is 3.65. The molecule has 0 spiro atoms. The molecule has 0 aliphatic rings. The normalized spacial score (nSPS) is 12.9. The van der Waals surface area contributed by atoms with Crippen molar-refractivity contribution in [3.05, 3.63) is 17.5 Å². The first-order chi connectivity index (χ1) is 7.04. The molecule has 84 valence electrons. The van der Waals surface area contributed by atoms with Crippen molar-refractivity contribution in [2.75, 3.05) is 6.61 Å². The van der Waals surface area contributed by atoms with Gasteiger partial charge in [0.1, 0.15) is 0 Å². The highest BCUT2D eigenvalue weighted by molar-refractivity contribution is 5.21. The monoisotopic (exact) mass is 211 g/mol. The Morgan fingerprint density at radius 3 is 2.67 bits per heavy atom. The van der Waals surface area contributed by atoms with Gasteiger partial charge in [-0.05, 0) is 20.8 Å². The molecule has 0 bridgehead atoms. The standard InChI is InChI=1S/C10H17N3O2/c1-6(2)15-10-12-4-8(7(3)13-10)9(11)5-14/h4,6,9,14H,5,11H2,1-3H3. The van der Waals surface area contributed by atoms with Crippen LogP contribution in [0.5, 0.6) is 6.01 Å². The highest BCUT2D eigenvalue weighted by Crippen LogP contribution is 2.15. The molecule has 3 N–H and O–H groups in total. The maximum Gasteiger partial charge on any atom is 0.316 e. The lowest BCUT2D eigenvalue weighted by Gasteiger charge is -2.13. The van der Waals surface area contributed by atoms with Crippen LogP contribution >= 0.6 is 0 Å². The fourth-order valence-corrected chi connectivity index (χ4v) is 1.19. The van der Waals surface area contributed by atoms with Crippen molar-refractivity contribution in [2.24, 2.45) is 5.73 Å². The zero-order valence-corrected chi connectivity index (χ0v) is 9.27. The maximum absolute atomic E-state index is 8.92. The van der Waals surface area contributed by atoms with Crippen molar-refractivity contribution in [1.82, 2.24) is 9.97 Å². The Labute approximate surface area is 89.3 Å². The van der Waals surface area contributed by atoms with E-state index in [0.29, 0.717) is 6.01 Å². The van der Waals surface area contributed by atoms with Gasteiger partial charge in [-0.2, -0.15) is 0 Å². The predicted molar refractivity (Wildman–Crippen MR) is 56.5 cm³/mol. The van der Waals surface area contributed by atoms with E-state index in [2.05, 4.69) is 9.97 Å². The quantitative estimate of drug-likeness (QED) is 0.760. The summed E-state index contributed by atoms with van der Waals surface area (Å²) in [6.07, 6.45) is 1.64. The SMILES string of the molecule is Cc1nc(OC(C)C)ncc1C(N)CO. The van der Waals surface area contributed by atoms with Crippen LogP contribution in [-0.4, -0.2) is 27.8 Å². The van der Waals surface area contributed by atoms with Crippen molar-refractivity contribution in [3.63, 3.8) is 0 Å². The minimum atomic E-state index is -0.432. The molecule has 0 saturated carbocycles. The minimum Gasteiger partial charge on any atom is -0.461 e. The summed E-state index contributed by atoms with van der Waals surface area (Å²) >= 11 is 0. The van der Waals surface area contributed by atoms with Crippen LogP contribution in [0.3, 0.4) is 0 Å². The highest BCUT2D eigenvalue weighted by Gasteiger charge is 2.11. The van der Waals surface area contributed by atoms with E-state index in [-0.39, 0.29) is 12.7 Å². The summed E-state index contributed by atoms with van der Waals surface area (Å²) in [5, 5.41) is 8.92. The smallest absolute Gasteiger partial charge is 0.316 e. The topological polar surface area (TPSA) is 81.3 Å². The van der Waals surface area contributed by atoms with Crippen LogP contribution in [-0.2, 0) is 0 Å². The second-order valence-electron chi connectivity index (χ2n) is 3.65. The van der Waals surface area contributed by atoms with Gasteiger partial charge in [0, 0.05) is 17.5 Å². The van der Waals surface area contributed by atoms with Gasteiger partial charge in [0.2, 0.25) is 0 Å². The molecular weight excluding hydrogens is 194 g/mol. The molecule has 0 amide bonds.